The Morgan fingerprint density at radius 2 is 1.83 bits per heavy atom. The average molecular weight is 495 g/mol. The van der Waals surface area contributed by atoms with Crippen LogP contribution in [0.2, 0.25) is 5.02 Å². The summed E-state index contributed by atoms with van der Waals surface area (Å²) < 4.78 is 31.6. The number of rotatable bonds is 5. The molecule has 0 unspecified atom stereocenters. The van der Waals surface area contributed by atoms with Crippen LogP contribution in [-0.2, 0) is 9.47 Å². The maximum absolute atomic E-state index is 14.4. The van der Waals surface area contributed by atoms with E-state index in [4.69, 9.17) is 31.2 Å². The van der Waals surface area contributed by atoms with E-state index in [1.54, 1.807) is 30.3 Å². The molecule has 35 heavy (non-hydrogen) atoms. The van der Waals surface area contributed by atoms with E-state index < -0.39 is 24.1 Å². The third-order valence-electron chi connectivity index (χ3n) is 6.28. The van der Waals surface area contributed by atoms with Crippen LogP contribution >= 0.6 is 11.6 Å². The van der Waals surface area contributed by atoms with Crippen molar-refractivity contribution < 1.29 is 23.7 Å². The average Bonchev–Trinajstić information content (AvgIpc) is 3.55. The van der Waals surface area contributed by atoms with Gasteiger partial charge in [0.2, 0.25) is 0 Å². The summed E-state index contributed by atoms with van der Waals surface area (Å²) in [5.41, 5.74) is 3.98. The molecule has 2 aromatic carbocycles. The second-order valence-corrected chi connectivity index (χ2v) is 8.92. The lowest BCUT2D eigenvalue weighted by atomic mass is 10.0. The van der Waals surface area contributed by atoms with E-state index in [9.17, 15) is 9.50 Å². The van der Waals surface area contributed by atoms with E-state index in [0.29, 0.717) is 45.2 Å². The zero-order chi connectivity index (χ0) is 24.1. The lowest BCUT2D eigenvalue weighted by Crippen LogP contribution is -2.34. The number of ether oxygens (including phenoxy) is 3. The Bertz CT molecular complexity index is 1430. The van der Waals surface area contributed by atoms with Crippen molar-refractivity contribution >= 4 is 29.0 Å². The zero-order valence-electron chi connectivity index (χ0n) is 18.2. The molecule has 178 valence electrons. The number of nitrogens with one attached hydrogen (secondary N) is 2. The molecule has 0 amide bonds. The Hall–Kier alpha value is -3.37. The van der Waals surface area contributed by atoms with Crippen molar-refractivity contribution in [2.75, 3.05) is 13.2 Å². The fourth-order valence-electron chi connectivity index (χ4n) is 4.51. The highest BCUT2D eigenvalue weighted by atomic mass is 35.5. The SMILES string of the molecule is N=Cc1ccc(-c2ccc(-c3nc4nc(O[C@@H]5CO[C@H]6[C@@H]5OC[C@H]6O)[nH]c4cc3Cl)cc2)c(F)c1. The molecule has 6 rings (SSSR count). The predicted octanol–water partition coefficient (Wildman–Crippen LogP) is 3.99. The van der Waals surface area contributed by atoms with E-state index in [1.807, 2.05) is 12.1 Å². The van der Waals surface area contributed by atoms with Gasteiger partial charge in [0.25, 0.3) is 6.01 Å². The van der Waals surface area contributed by atoms with Crippen LogP contribution in [0.3, 0.4) is 0 Å². The highest BCUT2D eigenvalue weighted by molar-refractivity contribution is 6.33. The Labute approximate surface area is 204 Å². The topological polar surface area (TPSA) is 113 Å². The first-order chi connectivity index (χ1) is 17.0. The van der Waals surface area contributed by atoms with Gasteiger partial charge in [0.15, 0.2) is 11.8 Å². The summed E-state index contributed by atoms with van der Waals surface area (Å²) in [4.78, 5) is 12.1. The Morgan fingerprint density at radius 3 is 2.60 bits per heavy atom. The van der Waals surface area contributed by atoms with Gasteiger partial charge in [-0.15, -0.1) is 0 Å². The molecule has 2 aliphatic heterocycles. The highest BCUT2D eigenvalue weighted by Crippen LogP contribution is 2.33. The van der Waals surface area contributed by atoms with Crippen molar-refractivity contribution in [2.24, 2.45) is 0 Å². The lowest BCUT2D eigenvalue weighted by Gasteiger charge is -2.15. The second-order valence-electron chi connectivity index (χ2n) is 8.51. The van der Waals surface area contributed by atoms with Crippen molar-refractivity contribution in [1.82, 2.24) is 15.0 Å². The molecule has 4 atom stereocenters. The molecule has 2 saturated heterocycles. The van der Waals surface area contributed by atoms with Crippen LogP contribution in [0.5, 0.6) is 6.01 Å². The molecule has 0 saturated carbocycles. The van der Waals surface area contributed by atoms with Gasteiger partial charge in [-0.2, -0.15) is 4.98 Å². The van der Waals surface area contributed by atoms with Gasteiger partial charge in [-0.25, -0.2) is 9.37 Å². The maximum atomic E-state index is 14.4. The number of imidazole rings is 1. The predicted molar refractivity (Wildman–Crippen MR) is 128 cm³/mol. The minimum atomic E-state index is -0.656. The lowest BCUT2D eigenvalue weighted by molar-refractivity contribution is 0.00706. The van der Waals surface area contributed by atoms with Gasteiger partial charge in [-0.1, -0.05) is 48.0 Å². The number of pyridine rings is 1. The fraction of sp³-hybridized carbons (Fsp3) is 0.240. The van der Waals surface area contributed by atoms with Crippen LogP contribution < -0.4 is 4.74 Å². The zero-order valence-corrected chi connectivity index (χ0v) is 19.0. The highest BCUT2D eigenvalue weighted by Gasteiger charge is 2.48. The Morgan fingerprint density at radius 1 is 1.06 bits per heavy atom. The van der Waals surface area contributed by atoms with Gasteiger partial charge >= 0.3 is 0 Å². The molecule has 4 heterocycles. The van der Waals surface area contributed by atoms with Gasteiger partial charge in [0, 0.05) is 17.3 Å². The molecule has 0 radical (unpaired) electrons. The number of benzene rings is 2. The molecule has 4 aromatic rings. The van der Waals surface area contributed by atoms with Crippen LogP contribution in [0.15, 0.2) is 48.5 Å². The number of nitrogens with zero attached hydrogens (tertiary/aromatic N) is 2. The summed E-state index contributed by atoms with van der Waals surface area (Å²) >= 11 is 6.52. The molecule has 0 aliphatic carbocycles. The number of aliphatic hydroxyl groups is 1. The number of H-pyrrole nitrogens is 1. The van der Waals surface area contributed by atoms with Gasteiger partial charge in [0.05, 0.1) is 29.4 Å². The van der Waals surface area contributed by atoms with Gasteiger partial charge in [-0.3, -0.25) is 0 Å². The first kappa shape index (κ1) is 22.1. The molecule has 2 aromatic heterocycles. The van der Waals surface area contributed by atoms with Crippen molar-refractivity contribution in [3.05, 3.63) is 64.9 Å². The molecule has 0 spiro atoms. The number of fused-ring (bicyclic) bond motifs is 2. The summed E-state index contributed by atoms with van der Waals surface area (Å²) in [6.45, 7) is 0.510. The van der Waals surface area contributed by atoms with E-state index in [0.717, 1.165) is 11.8 Å². The summed E-state index contributed by atoms with van der Waals surface area (Å²) in [7, 11) is 0. The molecular formula is C25H20ClFN4O4. The van der Waals surface area contributed by atoms with Crippen molar-refractivity contribution in [3.8, 4) is 28.4 Å². The van der Waals surface area contributed by atoms with Crippen molar-refractivity contribution in [3.63, 3.8) is 0 Å². The molecule has 10 heteroatoms. The first-order valence-corrected chi connectivity index (χ1v) is 11.4. The largest absolute Gasteiger partial charge is 0.456 e. The second kappa shape index (κ2) is 8.69. The Kier molecular flexibility index (Phi) is 5.49. The molecule has 2 aliphatic rings. The number of hydrogen-bond donors (Lipinski definition) is 3. The third kappa shape index (κ3) is 3.96. The third-order valence-corrected chi connectivity index (χ3v) is 6.57. The minimum Gasteiger partial charge on any atom is -0.456 e. The van der Waals surface area contributed by atoms with Crippen LogP contribution in [0.25, 0.3) is 33.5 Å². The number of aromatic nitrogens is 3. The summed E-state index contributed by atoms with van der Waals surface area (Å²) in [6, 6.07) is 13.9. The normalized spacial score (nSPS) is 23.5. The standard InChI is InChI=1S/C25H20ClFN4O4/c26-16-8-18-24(31-25(29-18)35-20-11-34-22-19(32)10-33-23(20)22)30-21(16)14-4-2-13(3-5-14)15-6-1-12(9-28)7-17(15)27/h1-9,19-20,22-23,28,32H,10-11H2,(H,29,30,31)/t19-,20-,22-,23-/m1/s1. The van der Waals surface area contributed by atoms with Gasteiger partial charge < -0.3 is 29.7 Å². The molecule has 0 bridgehead atoms. The summed E-state index contributed by atoms with van der Waals surface area (Å²) in [5.74, 6) is -0.392. The quantitative estimate of drug-likeness (QED) is 0.362. The smallest absolute Gasteiger partial charge is 0.296 e. The van der Waals surface area contributed by atoms with Crippen LogP contribution in [0.1, 0.15) is 5.56 Å². The number of aromatic amines is 1. The van der Waals surface area contributed by atoms with Crippen LogP contribution in [-0.4, -0.2) is 63.9 Å². The van der Waals surface area contributed by atoms with E-state index in [2.05, 4.69) is 15.0 Å². The van der Waals surface area contributed by atoms with E-state index in [1.165, 1.54) is 6.07 Å². The molecule has 8 nitrogen and oxygen atoms in total. The van der Waals surface area contributed by atoms with E-state index >= 15 is 0 Å². The van der Waals surface area contributed by atoms with Crippen molar-refractivity contribution in [2.45, 2.75) is 24.4 Å². The maximum Gasteiger partial charge on any atom is 0.296 e. The summed E-state index contributed by atoms with van der Waals surface area (Å²) in [6.07, 6.45) is -0.690. The Balaban J connectivity index is 1.25. The molecule has 3 N–H and O–H groups in total. The van der Waals surface area contributed by atoms with E-state index in [-0.39, 0.29) is 18.7 Å². The minimum absolute atomic E-state index is 0.219. The van der Waals surface area contributed by atoms with Gasteiger partial charge in [0.1, 0.15) is 24.1 Å². The van der Waals surface area contributed by atoms with Gasteiger partial charge in [-0.05, 0) is 23.3 Å². The monoisotopic (exact) mass is 494 g/mol. The fourth-order valence-corrected chi connectivity index (χ4v) is 4.77. The number of halogens is 2. The number of hydrogen-bond acceptors (Lipinski definition) is 7. The molecule has 2 fully saturated rings. The summed E-state index contributed by atoms with van der Waals surface area (Å²) in [5, 5.41) is 17.6. The van der Waals surface area contributed by atoms with Crippen LogP contribution in [0.4, 0.5) is 4.39 Å². The first-order valence-electron chi connectivity index (χ1n) is 11.0. The number of aliphatic hydroxyl groups excluding tert-OH is 1. The van der Waals surface area contributed by atoms with Crippen molar-refractivity contribution in [1.29, 1.82) is 5.41 Å². The molecular weight excluding hydrogens is 475 g/mol. The van der Waals surface area contributed by atoms with Crippen LogP contribution in [0, 0.1) is 11.2 Å².